The molecule has 0 aliphatic rings. The Bertz CT molecular complexity index is 485. The second-order valence-electron chi connectivity index (χ2n) is 3.77. The highest BCUT2D eigenvalue weighted by Gasteiger charge is 2.23. The lowest BCUT2D eigenvalue weighted by atomic mass is 10.0. The average molecular weight is 252 g/mol. The number of nitrogens with one attached hydrogen (secondary N) is 1. The molecule has 0 bridgehead atoms. The molecule has 1 aromatic carbocycles. The fourth-order valence-corrected chi connectivity index (χ4v) is 1.43. The number of hydrogen-bond acceptors (Lipinski definition) is 4. The van der Waals surface area contributed by atoms with Crippen molar-refractivity contribution in [1.82, 2.24) is 5.32 Å². The highest BCUT2D eigenvalue weighted by Crippen LogP contribution is 2.22. The Kier molecular flexibility index (Phi) is 4.77. The van der Waals surface area contributed by atoms with E-state index >= 15 is 0 Å². The van der Waals surface area contributed by atoms with Gasteiger partial charge in [0, 0.05) is 19.0 Å². The van der Waals surface area contributed by atoms with Gasteiger partial charge in [0.25, 0.3) is 0 Å². The summed E-state index contributed by atoms with van der Waals surface area (Å²) in [6.45, 7) is 1.06. The topological polar surface area (TPSA) is 93.3 Å². The first kappa shape index (κ1) is 14.1. The summed E-state index contributed by atoms with van der Waals surface area (Å²) in [7, 11) is 0. The molecular weight excluding hydrogens is 239 g/mol. The number of hydrogen-bond donors (Lipinski definition) is 3. The summed E-state index contributed by atoms with van der Waals surface area (Å²) < 4.78 is 13.7. The van der Waals surface area contributed by atoms with Gasteiger partial charge in [0.2, 0.25) is 5.91 Å². The molecule has 1 aromatic rings. The number of benzene rings is 1. The summed E-state index contributed by atoms with van der Waals surface area (Å²) in [4.78, 5) is 10.7. The second-order valence-corrected chi connectivity index (χ2v) is 3.77. The molecule has 2 atom stereocenters. The van der Waals surface area contributed by atoms with E-state index in [1.54, 1.807) is 6.07 Å². The molecule has 0 aliphatic heterocycles. The maximum absolute atomic E-state index is 13.7. The lowest BCUT2D eigenvalue weighted by Gasteiger charge is -2.19. The van der Waals surface area contributed by atoms with Gasteiger partial charge in [-0.05, 0) is 6.07 Å². The minimum atomic E-state index is -1.51. The number of amides is 1. The van der Waals surface area contributed by atoms with Gasteiger partial charge in [0.05, 0.1) is 5.56 Å². The number of aliphatic hydroxyl groups excluding tert-OH is 2. The van der Waals surface area contributed by atoms with Gasteiger partial charge in [0.1, 0.15) is 24.1 Å². The van der Waals surface area contributed by atoms with E-state index in [1.165, 1.54) is 25.1 Å². The van der Waals surface area contributed by atoms with Crippen molar-refractivity contribution in [3.8, 4) is 6.07 Å². The van der Waals surface area contributed by atoms with Crippen molar-refractivity contribution in [3.05, 3.63) is 35.1 Å². The standard InChI is InChI=1S/C12H13FN2O3/c1-7(16)15-6-10(17)12(18)9-4-2-3-8(5-14)11(9)13/h2-4,10,12,17-18H,6H2,1H3,(H,15,16). The number of carbonyl (C=O) groups is 1. The molecule has 0 aliphatic carbocycles. The van der Waals surface area contributed by atoms with Crippen LogP contribution in [0.2, 0.25) is 0 Å². The first-order valence-corrected chi connectivity index (χ1v) is 5.26. The summed E-state index contributed by atoms with van der Waals surface area (Å²) in [5, 5.41) is 30.3. The molecule has 0 spiro atoms. The maximum atomic E-state index is 13.7. The van der Waals surface area contributed by atoms with E-state index in [1.807, 2.05) is 0 Å². The van der Waals surface area contributed by atoms with Gasteiger partial charge < -0.3 is 15.5 Å². The van der Waals surface area contributed by atoms with Gasteiger partial charge >= 0.3 is 0 Å². The zero-order valence-corrected chi connectivity index (χ0v) is 9.72. The Morgan fingerprint density at radius 3 is 2.78 bits per heavy atom. The molecule has 5 nitrogen and oxygen atoms in total. The molecule has 2 unspecified atom stereocenters. The van der Waals surface area contributed by atoms with E-state index in [4.69, 9.17) is 5.26 Å². The van der Waals surface area contributed by atoms with Crippen LogP contribution in [0.5, 0.6) is 0 Å². The highest BCUT2D eigenvalue weighted by molar-refractivity contribution is 5.72. The largest absolute Gasteiger partial charge is 0.388 e. The van der Waals surface area contributed by atoms with Crippen molar-refractivity contribution in [2.24, 2.45) is 0 Å². The minimum Gasteiger partial charge on any atom is -0.388 e. The van der Waals surface area contributed by atoms with Crippen LogP contribution < -0.4 is 5.32 Å². The van der Waals surface area contributed by atoms with E-state index in [0.717, 1.165) is 0 Å². The maximum Gasteiger partial charge on any atom is 0.216 e. The van der Waals surface area contributed by atoms with Crippen molar-refractivity contribution in [2.75, 3.05) is 6.54 Å². The Hall–Kier alpha value is -1.97. The first-order chi connectivity index (χ1) is 8.47. The Morgan fingerprint density at radius 2 is 2.22 bits per heavy atom. The molecular formula is C12H13FN2O3. The average Bonchev–Trinajstić information content (AvgIpc) is 2.35. The normalized spacial score (nSPS) is 13.5. The molecule has 0 saturated heterocycles. The summed E-state index contributed by atoms with van der Waals surface area (Å²) in [5.74, 6) is -1.23. The summed E-state index contributed by atoms with van der Waals surface area (Å²) >= 11 is 0. The molecule has 0 heterocycles. The molecule has 6 heteroatoms. The van der Waals surface area contributed by atoms with Crippen LogP contribution in [-0.4, -0.2) is 28.8 Å². The molecule has 0 aromatic heterocycles. The van der Waals surface area contributed by atoms with Crippen LogP contribution >= 0.6 is 0 Å². The minimum absolute atomic E-state index is 0.174. The van der Waals surface area contributed by atoms with Crippen molar-refractivity contribution >= 4 is 5.91 Å². The van der Waals surface area contributed by atoms with Crippen LogP contribution in [0.1, 0.15) is 24.2 Å². The molecule has 1 amide bonds. The number of aliphatic hydroxyl groups is 2. The van der Waals surface area contributed by atoms with E-state index in [-0.39, 0.29) is 23.6 Å². The molecule has 0 saturated carbocycles. The lowest BCUT2D eigenvalue weighted by molar-refractivity contribution is -0.119. The van der Waals surface area contributed by atoms with Crippen LogP contribution in [0.3, 0.4) is 0 Å². The third-order valence-corrected chi connectivity index (χ3v) is 2.39. The number of halogens is 1. The summed E-state index contributed by atoms with van der Waals surface area (Å²) in [6, 6.07) is 5.60. The SMILES string of the molecule is CC(=O)NCC(O)C(O)c1cccc(C#N)c1F. The van der Waals surface area contributed by atoms with Gasteiger partial charge in [-0.3, -0.25) is 4.79 Å². The third-order valence-electron chi connectivity index (χ3n) is 2.39. The molecule has 0 radical (unpaired) electrons. The van der Waals surface area contributed by atoms with Crippen molar-refractivity contribution < 1.29 is 19.4 Å². The second kappa shape index (κ2) is 6.10. The number of carbonyl (C=O) groups excluding carboxylic acids is 1. The van der Waals surface area contributed by atoms with Crippen LogP contribution in [-0.2, 0) is 4.79 Å². The van der Waals surface area contributed by atoms with Gasteiger partial charge in [-0.1, -0.05) is 12.1 Å². The Balaban J connectivity index is 2.87. The predicted octanol–water partition coefficient (Wildman–Crippen LogP) is 0.228. The van der Waals surface area contributed by atoms with Crippen molar-refractivity contribution in [2.45, 2.75) is 19.1 Å². The van der Waals surface area contributed by atoms with Crippen LogP contribution in [0.25, 0.3) is 0 Å². The van der Waals surface area contributed by atoms with E-state index < -0.39 is 18.0 Å². The monoisotopic (exact) mass is 252 g/mol. The van der Waals surface area contributed by atoms with Gasteiger partial charge in [-0.25, -0.2) is 4.39 Å². The van der Waals surface area contributed by atoms with Crippen molar-refractivity contribution in [3.63, 3.8) is 0 Å². The van der Waals surface area contributed by atoms with Crippen molar-refractivity contribution in [1.29, 1.82) is 5.26 Å². The van der Waals surface area contributed by atoms with Crippen LogP contribution in [0, 0.1) is 17.1 Å². The first-order valence-electron chi connectivity index (χ1n) is 5.26. The fourth-order valence-electron chi connectivity index (χ4n) is 1.43. The molecule has 0 fully saturated rings. The van der Waals surface area contributed by atoms with E-state index in [9.17, 15) is 19.4 Å². The van der Waals surface area contributed by atoms with Gasteiger partial charge in [-0.15, -0.1) is 0 Å². The molecule has 18 heavy (non-hydrogen) atoms. The zero-order valence-electron chi connectivity index (χ0n) is 9.72. The highest BCUT2D eigenvalue weighted by atomic mass is 19.1. The lowest BCUT2D eigenvalue weighted by Crippen LogP contribution is -2.34. The third kappa shape index (κ3) is 3.26. The van der Waals surface area contributed by atoms with E-state index in [0.29, 0.717) is 0 Å². The quantitative estimate of drug-likeness (QED) is 0.715. The summed E-state index contributed by atoms with van der Waals surface area (Å²) in [6.07, 6.45) is -2.86. The zero-order chi connectivity index (χ0) is 13.7. The smallest absolute Gasteiger partial charge is 0.216 e. The fraction of sp³-hybridized carbons (Fsp3) is 0.333. The molecule has 96 valence electrons. The number of nitrogens with zero attached hydrogens (tertiary/aromatic N) is 1. The van der Waals surface area contributed by atoms with Crippen LogP contribution in [0.4, 0.5) is 4.39 Å². The van der Waals surface area contributed by atoms with Crippen LogP contribution in [0.15, 0.2) is 18.2 Å². The number of nitriles is 1. The van der Waals surface area contributed by atoms with Gasteiger partial charge in [0.15, 0.2) is 0 Å². The summed E-state index contributed by atoms with van der Waals surface area (Å²) in [5.41, 5.74) is -0.384. The van der Waals surface area contributed by atoms with Gasteiger partial charge in [-0.2, -0.15) is 5.26 Å². The molecule has 1 rings (SSSR count). The molecule has 3 N–H and O–H groups in total. The predicted molar refractivity (Wildman–Crippen MR) is 60.8 cm³/mol. The van der Waals surface area contributed by atoms with E-state index in [2.05, 4.69) is 5.32 Å². The Labute approximate surface area is 103 Å². The number of rotatable bonds is 4. The Morgan fingerprint density at radius 1 is 1.56 bits per heavy atom.